The second-order valence-electron chi connectivity index (χ2n) is 3.65. The van der Waals surface area contributed by atoms with Crippen molar-refractivity contribution in [3.63, 3.8) is 0 Å². The van der Waals surface area contributed by atoms with Gasteiger partial charge in [-0.25, -0.2) is 0 Å². The Hall–Kier alpha value is 0.280. The lowest BCUT2D eigenvalue weighted by Crippen LogP contribution is -2.49. The van der Waals surface area contributed by atoms with E-state index < -0.39 is 0 Å². The Balaban J connectivity index is 2.95. The van der Waals surface area contributed by atoms with Gasteiger partial charge in [-0.15, -0.1) is 0 Å². The quantitative estimate of drug-likeness (QED) is 0.736. The molecule has 4 heteroatoms. The number of ketones is 1. The average Bonchev–Trinajstić information content (AvgIpc) is 2.15. The van der Waals surface area contributed by atoms with Gasteiger partial charge in [0, 0.05) is 17.8 Å². The number of hydrogen-bond donors (Lipinski definition) is 0. The number of halogens is 3. The Morgan fingerprint density at radius 3 is 2.14 bits per heavy atom. The minimum atomic E-state index is -0.313. The zero-order valence-electron chi connectivity index (χ0n) is 8.24. The van der Waals surface area contributed by atoms with Crippen LogP contribution in [0.3, 0.4) is 0 Å². The van der Waals surface area contributed by atoms with Gasteiger partial charge in [0.15, 0.2) is 0 Å². The molecular weight excluding hydrogens is 242 g/mol. The molecular formula is C10H13Cl3O. The number of rotatable bonds is 3. The number of carbonyl (C=O) groups is 1. The summed E-state index contributed by atoms with van der Waals surface area (Å²) in [6.07, 6.45) is 2.07. The van der Waals surface area contributed by atoms with E-state index in [-0.39, 0.29) is 21.6 Å². The number of hydrogen-bond acceptors (Lipinski definition) is 1. The first kappa shape index (κ1) is 12.4. The van der Waals surface area contributed by atoms with Crippen LogP contribution >= 0.6 is 34.8 Å². The summed E-state index contributed by atoms with van der Waals surface area (Å²) in [5, 5.41) is 0.441. The van der Waals surface area contributed by atoms with Gasteiger partial charge in [-0.05, 0) is 12.8 Å². The van der Waals surface area contributed by atoms with E-state index in [0.29, 0.717) is 11.5 Å². The van der Waals surface area contributed by atoms with Crippen LogP contribution in [0.4, 0.5) is 0 Å². The Morgan fingerprint density at radius 1 is 1.36 bits per heavy atom. The maximum absolute atomic E-state index is 11.6. The van der Waals surface area contributed by atoms with Crippen molar-refractivity contribution in [2.24, 2.45) is 11.3 Å². The molecule has 1 atom stereocenters. The van der Waals surface area contributed by atoms with Crippen LogP contribution in [0.15, 0.2) is 9.52 Å². The van der Waals surface area contributed by atoms with Crippen LogP contribution in [0.5, 0.6) is 0 Å². The van der Waals surface area contributed by atoms with E-state index >= 15 is 0 Å². The molecule has 0 aromatic rings. The molecule has 0 N–H and O–H groups in total. The summed E-state index contributed by atoms with van der Waals surface area (Å²) >= 11 is 17.2. The summed E-state index contributed by atoms with van der Waals surface area (Å²) in [6.45, 7) is 4.00. The fourth-order valence-corrected chi connectivity index (χ4v) is 2.80. The number of carbonyl (C=O) groups excluding carboxylic acids is 1. The Labute approximate surface area is 99.4 Å². The van der Waals surface area contributed by atoms with Crippen molar-refractivity contribution >= 4 is 40.6 Å². The van der Waals surface area contributed by atoms with Gasteiger partial charge in [0.05, 0.1) is 5.03 Å². The average molecular weight is 256 g/mol. The van der Waals surface area contributed by atoms with Crippen molar-refractivity contribution in [3.8, 4) is 0 Å². The molecule has 1 saturated carbocycles. The van der Waals surface area contributed by atoms with Gasteiger partial charge in [-0.1, -0.05) is 48.7 Å². The van der Waals surface area contributed by atoms with E-state index in [9.17, 15) is 4.79 Å². The van der Waals surface area contributed by atoms with E-state index in [2.05, 4.69) is 0 Å². The lowest BCUT2D eigenvalue weighted by atomic mass is 9.56. The van der Waals surface area contributed by atoms with E-state index in [1.54, 1.807) is 0 Å². The third-order valence-corrected chi connectivity index (χ3v) is 4.41. The molecule has 1 rings (SSSR count). The van der Waals surface area contributed by atoms with Gasteiger partial charge >= 0.3 is 0 Å². The summed E-state index contributed by atoms with van der Waals surface area (Å²) in [6, 6.07) is 0. The van der Waals surface area contributed by atoms with Crippen molar-refractivity contribution < 1.29 is 4.79 Å². The first-order chi connectivity index (χ1) is 6.49. The Kier molecular flexibility index (Phi) is 3.90. The second kappa shape index (κ2) is 4.42. The van der Waals surface area contributed by atoms with E-state index in [1.807, 2.05) is 13.8 Å². The van der Waals surface area contributed by atoms with Gasteiger partial charge < -0.3 is 0 Å². The Morgan fingerprint density at radius 2 is 1.86 bits per heavy atom. The summed E-state index contributed by atoms with van der Waals surface area (Å²) < 4.78 is 0.0930. The smallest absolute Gasteiger partial charge is 0.140 e. The maximum atomic E-state index is 11.6. The van der Waals surface area contributed by atoms with Crippen molar-refractivity contribution in [2.45, 2.75) is 33.1 Å². The molecule has 0 spiro atoms. The molecule has 0 radical (unpaired) electrons. The van der Waals surface area contributed by atoms with Crippen LogP contribution in [0, 0.1) is 11.3 Å². The van der Waals surface area contributed by atoms with Crippen LogP contribution in [0.25, 0.3) is 0 Å². The highest BCUT2D eigenvalue weighted by molar-refractivity contribution is 6.59. The third kappa shape index (κ3) is 1.70. The molecule has 0 aliphatic heterocycles. The highest BCUT2D eigenvalue weighted by Gasteiger charge is 2.53. The Bertz CT molecular complexity index is 275. The molecule has 0 aromatic heterocycles. The molecule has 1 aliphatic rings. The fraction of sp³-hybridized carbons (Fsp3) is 0.700. The lowest BCUT2D eigenvalue weighted by Gasteiger charge is -2.47. The predicted molar refractivity (Wildman–Crippen MR) is 60.7 cm³/mol. The van der Waals surface area contributed by atoms with Crippen molar-refractivity contribution in [2.75, 3.05) is 0 Å². The van der Waals surface area contributed by atoms with Gasteiger partial charge in [0.25, 0.3) is 0 Å². The molecule has 1 unspecified atom stereocenters. The monoisotopic (exact) mass is 254 g/mol. The lowest BCUT2D eigenvalue weighted by molar-refractivity contribution is -0.144. The topological polar surface area (TPSA) is 17.1 Å². The van der Waals surface area contributed by atoms with Crippen LogP contribution in [0.1, 0.15) is 33.1 Å². The summed E-state index contributed by atoms with van der Waals surface area (Å²) in [5.74, 6) is 0.303. The van der Waals surface area contributed by atoms with Gasteiger partial charge in [-0.3, -0.25) is 4.79 Å². The SMILES string of the molecule is CCC1(CC)C(=O)CC1C(Cl)=C(Cl)Cl. The van der Waals surface area contributed by atoms with Crippen molar-refractivity contribution in [1.29, 1.82) is 0 Å². The third-order valence-electron chi connectivity index (χ3n) is 3.36. The molecule has 14 heavy (non-hydrogen) atoms. The first-order valence-corrected chi connectivity index (χ1v) is 5.87. The fourth-order valence-electron chi connectivity index (χ4n) is 2.25. The zero-order valence-corrected chi connectivity index (χ0v) is 10.5. The van der Waals surface area contributed by atoms with Crippen LogP contribution in [-0.2, 0) is 4.79 Å². The predicted octanol–water partition coefficient (Wildman–Crippen LogP) is 4.27. The molecule has 80 valence electrons. The van der Waals surface area contributed by atoms with Crippen LogP contribution in [0.2, 0.25) is 0 Å². The van der Waals surface area contributed by atoms with E-state index in [4.69, 9.17) is 34.8 Å². The molecule has 0 heterocycles. The van der Waals surface area contributed by atoms with Crippen molar-refractivity contribution in [3.05, 3.63) is 9.52 Å². The molecule has 1 fully saturated rings. The maximum Gasteiger partial charge on any atom is 0.140 e. The number of allylic oxidation sites excluding steroid dienone is 1. The minimum absolute atomic E-state index is 0.0247. The highest BCUT2D eigenvalue weighted by Crippen LogP contribution is 2.54. The van der Waals surface area contributed by atoms with Crippen molar-refractivity contribution in [1.82, 2.24) is 0 Å². The molecule has 0 aromatic carbocycles. The van der Waals surface area contributed by atoms with E-state index in [0.717, 1.165) is 12.8 Å². The van der Waals surface area contributed by atoms with Crippen LogP contribution in [-0.4, -0.2) is 5.78 Å². The molecule has 1 aliphatic carbocycles. The second-order valence-corrected chi connectivity index (χ2v) is 5.01. The first-order valence-electron chi connectivity index (χ1n) is 4.73. The summed E-state index contributed by atoms with van der Waals surface area (Å²) in [4.78, 5) is 11.6. The molecule has 0 saturated heterocycles. The van der Waals surface area contributed by atoms with Gasteiger partial charge in [0.1, 0.15) is 10.3 Å². The normalized spacial score (nSPS) is 24.4. The van der Waals surface area contributed by atoms with Gasteiger partial charge in [-0.2, -0.15) is 0 Å². The number of Topliss-reactive ketones (excluding diaryl/α,β-unsaturated/α-hetero) is 1. The minimum Gasteiger partial charge on any atom is -0.299 e. The molecule has 0 bridgehead atoms. The van der Waals surface area contributed by atoms with Crippen LogP contribution < -0.4 is 0 Å². The van der Waals surface area contributed by atoms with E-state index in [1.165, 1.54) is 0 Å². The highest BCUT2D eigenvalue weighted by atomic mass is 35.5. The molecule has 0 amide bonds. The van der Waals surface area contributed by atoms with Gasteiger partial charge in [0.2, 0.25) is 0 Å². The summed E-state index contributed by atoms with van der Waals surface area (Å²) in [7, 11) is 0. The molecule has 1 nitrogen and oxygen atoms in total. The largest absolute Gasteiger partial charge is 0.299 e. The zero-order chi connectivity index (χ0) is 10.9. The summed E-state index contributed by atoms with van der Waals surface area (Å²) in [5.41, 5.74) is -0.313. The standard InChI is InChI=1S/C10H13Cl3O/c1-3-10(4-2)6(5-7(10)14)8(11)9(12)13/h6H,3-5H2,1-2H3.